The van der Waals surface area contributed by atoms with Gasteiger partial charge in [-0.15, -0.1) is 0 Å². The zero-order chi connectivity index (χ0) is 19.4. The van der Waals surface area contributed by atoms with E-state index in [-0.39, 0.29) is 28.9 Å². The summed E-state index contributed by atoms with van der Waals surface area (Å²) in [5.41, 5.74) is 1.20. The van der Waals surface area contributed by atoms with Crippen LogP contribution in [-0.4, -0.2) is 26.0 Å². The van der Waals surface area contributed by atoms with Gasteiger partial charge >= 0.3 is 0 Å². The first kappa shape index (κ1) is 19.4. The quantitative estimate of drug-likeness (QED) is 0.736. The molecule has 0 heterocycles. The second-order valence-electron chi connectivity index (χ2n) is 6.41. The fourth-order valence-electron chi connectivity index (χ4n) is 2.44. The number of benzene rings is 2. The third-order valence-electron chi connectivity index (χ3n) is 4.15. The predicted molar refractivity (Wildman–Crippen MR) is 105 cm³/mol. The molecule has 6 nitrogen and oxygen atoms in total. The summed E-state index contributed by atoms with van der Waals surface area (Å²) in [6, 6.07) is 12.5. The van der Waals surface area contributed by atoms with Crippen LogP contribution < -0.4 is 10.6 Å². The van der Waals surface area contributed by atoms with Crippen molar-refractivity contribution in [1.82, 2.24) is 0 Å². The summed E-state index contributed by atoms with van der Waals surface area (Å²) in [4.78, 5) is 23.9. The lowest BCUT2D eigenvalue weighted by Crippen LogP contribution is -2.17. The summed E-state index contributed by atoms with van der Waals surface area (Å²) < 4.78 is 24.5. The molecule has 2 N–H and O–H groups in total. The Morgan fingerprint density at radius 2 is 1.48 bits per heavy atom. The fourth-order valence-corrected chi connectivity index (χ4v) is 3.80. The molecule has 1 saturated carbocycles. The first-order valence-corrected chi connectivity index (χ1v) is 10.6. The molecule has 0 aliphatic heterocycles. The number of hydrogen-bond acceptors (Lipinski definition) is 4. The number of halogens is 1. The topological polar surface area (TPSA) is 92.3 Å². The Morgan fingerprint density at radius 1 is 0.926 bits per heavy atom. The van der Waals surface area contributed by atoms with Crippen molar-refractivity contribution in [3.63, 3.8) is 0 Å². The van der Waals surface area contributed by atoms with Crippen LogP contribution in [0.25, 0.3) is 0 Å². The zero-order valence-electron chi connectivity index (χ0n) is 14.4. The molecule has 142 valence electrons. The van der Waals surface area contributed by atoms with Gasteiger partial charge in [-0.2, -0.15) is 0 Å². The molecule has 2 aromatic carbocycles. The molecule has 0 unspecified atom stereocenters. The molecule has 1 aliphatic carbocycles. The fraction of sp³-hybridized carbons (Fsp3) is 0.263. The SMILES string of the molecule is O=C(CCS(=O)(=O)c1ccc(Cl)cc1)Nc1ccc(NC(=O)C2CC2)cc1. The number of sulfone groups is 1. The minimum absolute atomic E-state index is 0.0131. The van der Waals surface area contributed by atoms with E-state index >= 15 is 0 Å². The second-order valence-corrected chi connectivity index (χ2v) is 8.96. The Labute approximate surface area is 162 Å². The number of carbonyl (C=O) groups is 2. The van der Waals surface area contributed by atoms with Gasteiger partial charge in [0.2, 0.25) is 11.8 Å². The van der Waals surface area contributed by atoms with E-state index in [1.165, 1.54) is 24.3 Å². The highest BCUT2D eigenvalue weighted by Gasteiger charge is 2.29. The Balaban J connectivity index is 1.51. The predicted octanol–water partition coefficient (Wildman–Crippen LogP) is 3.49. The van der Waals surface area contributed by atoms with Crippen molar-refractivity contribution >= 4 is 44.6 Å². The van der Waals surface area contributed by atoms with Crippen LogP contribution in [0.5, 0.6) is 0 Å². The maximum absolute atomic E-state index is 12.2. The van der Waals surface area contributed by atoms with E-state index in [1.54, 1.807) is 24.3 Å². The molecule has 0 radical (unpaired) electrons. The van der Waals surface area contributed by atoms with Gasteiger partial charge in [0.05, 0.1) is 10.6 Å². The summed E-state index contributed by atoms with van der Waals surface area (Å²) in [5, 5.41) is 5.91. The van der Waals surface area contributed by atoms with E-state index in [0.29, 0.717) is 16.4 Å². The lowest BCUT2D eigenvalue weighted by molar-refractivity contribution is -0.117. The molecule has 0 bridgehead atoms. The molecule has 8 heteroatoms. The van der Waals surface area contributed by atoms with Crippen LogP contribution in [-0.2, 0) is 19.4 Å². The summed E-state index contributed by atoms with van der Waals surface area (Å²) in [5.74, 6) is -0.566. The first-order valence-electron chi connectivity index (χ1n) is 8.52. The second kappa shape index (κ2) is 8.10. The standard InChI is InChI=1S/C19H19ClN2O4S/c20-14-3-9-17(10-4-14)27(25,26)12-11-18(23)21-15-5-7-16(8-6-15)22-19(24)13-1-2-13/h3-10,13H,1-2,11-12H2,(H,21,23)(H,22,24). The minimum Gasteiger partial charge on any atom is -0.326 e. The highest BCUT2D eigenvalue weighted by atomic mass is 35.5. The molecule has 27 heavy (non-hydrogen) atoms. The largest absolute Gasteiger partial charge is 0.326 e. The number of anilines is 2. The maximum atomic E-state index is 12.2. The normalized spacial score (nSPS) is 13.8. The third-order valence-corrected chi connectivity index (χ3v) is 6.14. The van der Waals surface area contributed by atoms with E-state index in [1.807, 2.05) is 0 Å². The number of amides is 2. The van der Waals surface area contributed by atoms with Crippen molar-refractivity contribution < 1.29 is 18.0 Å². The van der Waals surface area contributed by atoms with Crippen LogP contribution in [0.4, 0.5) is 11.4 Å². The van der Waals surface area contributed by atoms with Crippen molar-refractivity contribution in [3.8, 4) is 0 Å². The van der Waals surface area contributed by atoms with Gasteiger partial charge in [0, 0.05) is 28.7 Å². The summed E-state index contributed by atoms with van der Waals surface area (Å²) in [6.45, 7) is 0. The molecule has 0 spiro atoms. The maximum Gasteiger partial charge on any atom is 0.227 e. The van der Waals surface area contributed by atoms with Crippen molar-refractivity contribution in [3.05, 3.63) is 53.6 Å². The minimum atomic E-state index is -3.55. The van der Waals surface area contributed by atoms with E-state index in [4.69, 9.17) is 11.6 Å². The van der Waals surface area contributed by atoms with Crippen LogP contribution in [0.15, 0.2) is 53.4 Å². The molecule has 2 amide bonds. The molecule has 2 aromatic rings. The summed E-state index contributed by atoms with van der Waals surface area (Å²) >= 11 is 5.75. The van der Waals surface area contributed by atoms with Gasteiger partial charge in [0.25, 0.3) is 0 Å². The first-order chi connectivity index (χ1) is 12.8. The molecular weight excluding hydrogens is 388 g/mol. The van der Waals surface area contributed by atoms with Gasteiger partial charge in [0.15, 0.2) is 9.84 Å². The number of nitrogens with one attached hydrogen (secondary N) is 2. The molecule has 3 rings (SSSR count). The van der Waals surface area contributed by atoms with E-state index in [0.717, 1.165) is 12.8 Å². The summed E-state index contributed by atoms with van der Waals surface area (Å²) in [6.07, 6.45) is 1.70. The average molecular weight is 407 g/mol. The lowest BCUT2D eigenvalue weighted by Gasteiger charge is -2.08. The van der Waals surface area contributed by atoms with E-state index in [2.05, 4.69) is 10.6 Å². The van der Waals surface area contributed by atoms with E-state index < -0.39 is 15.7 Å². The van der Waals surface area contributed by atoms with Gasteiger partial charge in [-0.25, -0.2) is 8.42 Å². The van der Waals surface area contributed by atoms with Crippen LogP contribution in [0.3, 0.4) is 0 Å². The van der Waals surface area contributed by atoms with Crippen LogP contribution >= 0.6 is 11.6 Å². The van der Waals surface area contributed by atoms with E-state index in [9.17, 15) is 18.0 Å². The Hall–Kier alpha value is -2.38. The lowest BCUT2D eigenvalue weighted by atomic mass is 10.2. The Kier molecular flexibility index (Phi) is 5.82. The monoisotopic (exact) mass is 406 g/mol. The number of hydrogen-bond donors (Lipinski definition) is 2. The molecule has 0 atom stereocenters. The molecule has 0 aromatic heterocycles. The van der Waals surface area contributed by atoms with Crippen LogP contribution in [0, 0.1) is 5.92 Å². The zero-order valence-corrected chi connectivity index (χ0v) is 16.0. The number of rotatable bonds is 7. The Morgan fingerprint density at radius 3 is 2.04 bits per heavy atom. The van der Waals surface area contributed by atoms with Crippen molar-refractivity contribution in [2.24, 2.45) is 5.92 Å². The van der Waals surface area contributed by atoms with Crippen molar-refractivity contribution in [2.45, 2.75) is 24.2 Å². The third kappa shape index (κ3) is 5.55. The smallest absolute Gasteiger partial charge is 0.227 e. The van der Waals surface area contributed by atoms with Gasteiger partial charge in [-0.3, -0.25) is 9.59 Å². The van der Waals surface area contributed by atoms with Crippen LogP contribution in [0.1, 0.15) is 19.3 Å². The average Bonchev–Trinajstić information content (AvgIpc) is 3.47. The highest BCUT2D eigenvalue weighted by molar-refractivity contribution is 7.91. The summed E-state index contributed by atoms with van der Waals surface area (Å²) in [7, 11) is -3.55. The number of carbonyl (C=O) groups excluding carboxylic acids is 2. The molecular formula is C19H19ClN2O4S. The molecule has 1 aliphatic rings. The van der Waals surface area contributed by atoms with Gasteiger partial charge in [-0.05, 0) is 61.4 Å². The molecule has 0 saturated heterocycles. The molecule has 1 fully saturated rings. The van der Waals surface area contributed by atoms with Crippen molar-refractivity contribution in [2.75, 3.05) is 16.4 Å². The van der Waals surface area contributed by atoms with Gasteiger partial charge in [-0.1, -0.05) is 11.6 Å². The van der Waals surface area contributed by atoms with Crippen LogP contribution in [0.2, 0.25) is 5.02 Å². The Bertz CT molecular complexity index is 937. The van der Waals surface area contributed by atoms with Crippen molar-refractivity contribution in [1.29, 1.82) is 0 Å². The highest BCUT2D eigenvalue weighted by Crippen LogP contribution is 2.30. The van der Waals surface area contributed by atoms with Gasteiger partial charge in [0.1, 0.15) is 0 Å². The van der Waals surface area contributed by atoms with Gasteiger partial charge < -0.3 is 10.6 Å².